The maximum Gasteiger partial charge on any atom is 0.261 e. The first-order valence-electron chi connectivity index (χ1n) is 8.96. The monoisotopic (exact) mass is 394 g/mol. The fraction of sp³-hybridized carbons (Fsp3) is 0.136. The van der Waals surface area contributed by atoms with Gasteiger partial charge in [0, 0.05) is 17.8 Å². The fourth-order valence-corrected chi connectivity index (χ4v) is 3.77. The Balaban J connectivity index is 1.64. The van der Waals surface area contributed by atoms with Gasteiger partial charge in [0.15, 0.2) is 0 Å². The quantitative estimate of drug-likeness (QED) is 0.641. The average molecular weight is 394 g/mol. The van der Waals surface area contributed by atoms with Crippen LogP contribution in [0.25, 0.3) is 0 Å². The average Bonchev–Trinajstić information content (AvgIpc) is 2.69. The topological polar surface area (TPSA) is 75.3 Å². The van der Waals surface area contributed by atoms with E-state index in [0.29, 0.717) is 17.8 Å². The van der Waals surface area contributed by atoms with Crippen molar-refractivity contribution in [2.24, 2.45) is 0 Å². The second-order valence-electron chi connectivity index (χ2n) is 6.49. The van der Waals surface area contributed by atoms with E-state index in [1.165, 1.54) is 6.07 Å². The summed E-state index contributed by atoms with van der Waals surface area (Å²) >= 11 is 0. The SMILES string of the molecule is Cc1ccc(S(=O)(=O)Nc2cccc(C(=O)NCCc3ccccc3)c2)cc1. The van der Waals surface area contributed by atoms with Crippen molar-refractivity contribution in [1.29, 1.82) is 0 Å². The summed E-state index contributed by atoms with van der Waals surface area (Å²) in [5.74, 6) is -0.243. The molecule has 3 aromatic carbocycles. The summed E-state index contributed by atoms with van der Waals surface area (Å²) in [6, 6.07) is 22.9. The van der Waals surface area contributed by atoms with E-state index in [9.17, 15) is 13.2 Å². The molecule has 0 saturated carbocycles. The van der Waals surface area contributed by atoms with Crippen LogP contribution in [0.3, 0.4) is 0 Å². The van der Waals surface area contributed by atoms with Gasteiger partial charge >= 0.3 is 0 Å². The Bertz CT molecular complexity index is 1050. The van der Waals surface area contributed by atoms with E-state index in [4.69, 9.17) is 0 Å². The van der Waals surface area contributed by atoms with Crippen LogP contribution in [0.4, 0.5) is 5.69 Å². The number of hydrogen-bond donors (Lipinski definition) is 2. The molecule has 1 amide bonds. The molecule has 3 rings (SSSR count). The van der Waals surface area contributed by atoms with Gasteiger partial charge in [0.25, 0.3) is 15.9 Å². The maximum atomic E-state index is 12.5. The van der Waals surface area contributed by atoms with E-state index >= 15 is 0 Å². The Morgan fingerprint density at radius 2 is 1.61 bits per heavy atom. The number of amides is 1. The lowest BCUT2D eigenvalue weighted by atomic mass is 10.1. The van der Waals surface area contributed by atoms with E-state index < -0.39 is 10.0 Å². The van der Waals surface area contributed by atoms with Crippen LogP contribution >= 0.6 is 0 Å². The molecule has 0 aliphatic heterocycles. The van der Waals surface area contributed by atoms with Crippen LogP contribution in [0.2, 0.25) is 0 Å². The van der Waals surface area contributed by atoms with Gasteiger partial charge in [-0.15, -0.1) is 0 Å². The van der Waals surface area contributed by atoms with E-state index in [1.807, 2.05) is 37.3 Å². The number of sulfonamides is 1. The summed E-state index contributed by atoms with van der Waals surface area (Å²) < 4.78 is 27.5. The Labute approximate surface area is 165 Å². The molecular weight excluding hydrogens is 372 g/mol. The minimum atomic E-state index is -3.71. The first-order chi connectivity index (χ1) is 13.4. The standard InChI is InChI=1S/C22H22N2O3S/c1-17-10-12-21(13-11-17)28(26,27)24-20-9-5-8-19(16-20)22(25)23-15-14-18-6-3-2-4-7-18/h2-13,16,24H,14-15H2,1H3,(H,23,25). The van der Waals surface area contributed by atoms with Crippen molar-refractivity contribution in [2.75, 3.05) is 11.3 Å². The molecule has 0 aromatic heterocycles. The van der Waals surface area contributed by atoms with Crippen molar-refractivity contribution in [3.05, 3.63) is 95.6 Å². The molecule has 0 saturated heterocycles. The van der Waals surface area contributed by atoms with Crippen LogP contribution in [0, 0.1) is 6.92 Å². The van der Waals surface area contributed by atoms with Crippen molar-refractivity contribution in [3.63, 3.8) is 0 Å². The molecule has 3 aromatic rings. The third kappa shape index (κ3) is 5.20. The van der Waals surface area contributed by atoms with Gasteiger partial charge in [0.05, 0.1) is 4.90 Å². The molecule has 0 heterocycles. The minimum Gasteiger partial charge on any atom is -0.352 e. The predicted octanol–water partition coefficient (Wildman–Crippen LogP) is 3.77. The number of nitrogens with one attached hydrogen (secondary N) is 2. The Hall–Kier alpha value is -3.12. The predicted molar refractivity (Wildman–Crippen MR) is 111 cm³/mol. The highest BCUT2D eigenvalue weighted by atomic mass is 32.2. The summed E-state index contributed by atoms with van der Waals surface area (Å²) in [7, 11) is -3.71. The molecule has 0 aliphatic carbocycles. The number of carbonyl (C=O) groups excluding carboxylic acids is 1. The van der Waals surface area contributed by atoms with Gasteiger partial charge in [-0.05, 0) is 49.2 Å². The van der Waals surface area contributed by atoms with Gasteiger partial charge in [-0.3, -0.25) is 9.52 Å². The summed E-state index contributed by atoms with van der Waals surface area (Å²) in [6.07, 6.45) is 0.728. The van der Waals surface area contributed by atoms with Crippen molar-refractivity contribution in [2.45, 2.75) is 18.2 Å². The fourth-order valence-electron chi connectivity index (χ4n) is 2.72. The molecule has 0 unspecified atom stereocenters. The summed E-state index contributed by atoms with van der Waals surface area (Å²) in [5, 5.41) is 2.86. The lowest BCUT2D eigenvalue weighted by Gasteiger charge is -2.10. The molecule has 5 nitrogen and oxygen atoms in total. The summed E-state index contributed by atoms with van der Waals surface area (Å²) in [6.45, 7) is 2.39. The van der Waals surface area contributed by atoms with Gasteiger partial charge in [-0.2, -0.15) is 0 Å². The van der Waals surface area contributed by atoms with Gasteiger partial charge in [0.1, 0.15) is 0 Å². The molecule has 0 fully saturated rings. The molecule has 0 aliphatic rings. The lowest BCUT2D eigenvalue weighted by Crippen LogP contribution is -2.25. The summed E-state index contributed by atoms with van der Waals surface area (Å²) in [4.78, 5) is 12.5. The molecule has 0 spiro atoms. The molecule has 0 bridgehead atoms. The summed E-state index contributed by atoms with van der Waals surface area (Å²) in [5.41, 5.74) is 2.86. The molecular formula is C22H22N2O3S. The van der Waals surface area contributed by atoms with Gasteiger partial charge < -0.3 is 5.32 Å². The van der Waals surface area contributed by atoms with Crippen molar-refractivity contribution in [3.8, 4) is 0 Å². The zero-order chi connectivity index (χ0) is 20.0. The van der Waals surface area contributed by atoms with Crippen LogP contribution in [0.5, 0.6) is 0 Å². The van der Waals surface area contributed by atoms with Crippen molar-refractivity contribution >= 4 is 21.6 Å². The van der Waals surface area contributed by atoms with Crippen molar-refractivity contribution in [1.82, 2.24) is 5.32 Å². The third-order valence-corrected chi connectivity index (χ3v) is 5.65. The van der Waals surface area contributed by atoms with E-state index in [2.05, 4.69) is 10.0 Å². The van der Waals surface area contributed by atoms with Gasteiger partial charge in [-0.25, -0.2) is 8.42 Å². The Morgan fingerprint density at radius 3 is 2.32 bits per heavy atom. The highest BCUT2D eigenvalue weighted by Crippen LogP contribution is 2.18. The van der Waals surface area contributed by atoms with Gasteiger partial charge in [0.2, 0.25) is 0 Å². The molecule has 28 heavy (non-hydrogen) atoms. The highest BCUT2D eigenvalue weighted by molar-refractivity contribution is 7.92. The first-order valence-corrected chi connectivity index (χ1v) is 10.4. The van der Waals surface area contributed by atoms with E-state index in [-0.39, 0.29) is 10.8 Å². The minimum absolute atomic E-state index is 0.177. The Kier molecular flexibility index (Phi) is 6.11. The lowest BCUT2D eigenvalue weighted by molar-refractivity contribution is 0.0954. The number of hydrogen-bond acceptors (Lipinski definition) is 3. The van der Waals surface area contributed by atoms with E-state index in [0.717, 1.165) is 17.5 Å². The normalized spacial score (nSPS) is 11.0. The number of carbonyl (C=O) groups is 1. The van der Waals surface area contributed by atoms with E-state index in [1.54, 1.807) is 42.5 Å². The Morgan fingerprint density at radius 1 is 0.893 bits per heavy atom. The number of aryl methyl sites for hydroxylation is 1. The van der Waals surface area contributed by atoms with Crippen LogP contribution in [-0.4, -0.2) is 20.9 Å². The molecule has 6 heteroatoms. The van der Waals surface area contributed by atoms with Crippen LogP contribution < -0.4 is 10.0 Å². The second kappa shape index (κ2) is 8.71. The zero-order valence-electron chi connectivity index (χ0n) is 15.6. The van der Waals surface area contributed by atoms with Crippen LogP contribution in [0.1, 0.15) is 21.5 Å². The van der Waals surface area contributed by atoms with Crippen LogP contribution in [0.15, 0.2) is 83.8 Å². The molecule has 0 radical (unpaired) electrons. The van der Waals surface area contributed by atoms with Crippen molar-refractivity contribution < 1.29 is 13.2 Å². The smallest absolute Gasteiger partial charge is 0.261 e. The van der Waals surface area contributed by atoms with Gasteiger partial charge in [-0.1, -0.05) is 54.1 Å². The first kappa shape index (κ1) is 19.6. The molecule has 2 N–H and O–H groups in total. The molecule has 144 valence electrons. The third-order valence-electron chi connectivity index (χ3n) is 4.25. The number of anilines is 1. The molecule has 0 atom stereocenters. The zero-order valence-corrected chi connectivity index (χ0v) is 16.4. The maximum absolute atomic E-state index is 12.5. The second-order valence-corrected chi connectivity index (χ2v) is 8.17. The largest absolute Gasteiger partial charge is 0.352 e. The highest BCUT2D eigenvalue weighted by Gasteiger charge is 2.15. The number of rotatable bonds is 7. The number of benzene rings is 3. The van der Waals surface area contributed by atoms with Crippen LogP contribution in [-0.2, 0) is 16.4 Å².